The minimum atomic E-state index is -4.01. The fraction of sp³-hybridized carbons (Fsp3) is 0.394. The molecule has 0 spiro atoms. The van der Waals surface area contributed by atoms with Crippen LogP contribution < -0.4 is 9.62 Å². The summed E-state index contributed by atoms with van der Waals surface area (Å²) in [7, 11) is -1.13. The predicted molar refractivity (Wildman–Crippen MR) is 167 cm³/mol. The number of rotatable bonds is 12. The van der Waals surface area contributed by atoms with Gasteiger partial charge in [0, 0.05) is 33.1 Å². The van der Waals surface area contributed by atoms with Crippen molar-refractivity contribution < 1.29 is 18.0 Å². The van der Waals surface area contributed by atoms with E-state index in [2.05, 4.69) is 5.32 Å². The van der Waals surface area contributed by atoms with Crippen LogP contribution in [0.3, 0.4) is 0 Å². The number of carbonyl (C=O) groups excluding carboxylic acids is 2. The highest BCUT2D eigenvalue weighted by Crippen LogP contribution is 2.23. The SMILES string of the molecule is Cc1ccc(CN(C(=O)CN(c2ccccc2)S(=O)(=O)N(C)C)[C@H](Cc2ccccc2)C(=O)NC2CCCCC2)cc1. The van der Waals surface area contributed by atoms with Gasteiger partial charge in [0.25, 0.3) is 0 Å². The molecule has 3 aromatic rings. The number of aryl methyl sites for hydroxylation is 1. The number of hydrogen-bond donors (Lipinski definition) is 1. The average Bonchev–Trinajstić information content (AvgIpc) is 2.99. The maximum absolute atomic E-state index is 14.3. The van der Waals surface area contributed by atoms with Crippen molar-refractivity contribution in [1.82, 2.24) is 14.5 Å². The van der Waals surface area contributed by atoms with Crippen molar-refractivity contribution >= 4 is 27.7 Å². The normalized spacial score (nSPS) is 14.8. The van der Waals surface area contributed by atoms with Crippen LogP contribution in [0.2, 0.25) is 0 Å². The highest BCUT2D eigenvalue weighted by atomic mass is 32.2. The van der Waals surface area contributed by atoms with E-state index < -0.39 is 28.7 Å². The second kappa shape index (κ2) is 14.5. The molecule has 3 aromatic carbocycles. The second-order valence-corrected chi connectivity index (χ2v) is 13.3. The van der Waals surface area contributed by atoms with Gasteiger partial charge >= 0.3 is 10.2 Å². The number of carbonyl (C=O) groups is 2. The van der Waals surface area contributed by atoms with Gasteiger partial charge in [0.1, 0.15) is 12.6 Å². The van der Waals surface area contributed by atoms with Gasteiger partial charge in [-0.2, -0.15) is 12.7 Å². The Bertz CT molecular complexity index is 1410. The first kappa shape index (κ1) is 31.3. The third-order valence-corrected chi connectivity index (χ3v) is 9.58. The molecule has 1 aliphatic rings. The largest absolute Gasteiger partial charge is 0.352 e. The molecule has 9 heteroatoms. The number of nitrogens with one attached hydrogen (secondary N) is 1. The maximum Gasteiger partial charge on any atom is 0.304 e. The van der Waals surface area contributed by atoms with Crippen molar-refractivity contribution in [3.8, 4) is 0 Å². The Morgan fingerprint density at radius 3 is 2.02 bits per heavy atom. The Hall–Kier alpha value is -3.69. The van der Waals surface area contributed by atoms with Gasteiger partial charge in [-0.3, -0.25) is 9.59 Å². The fourth-order valence-corrected chi connectivity index (χ4v) is 6.36. The van der Waals surface area contributed by atoms with E-state index in [1.54, 1.807) is 35.2 Å². The number of benzene rings is 3. The topological polar surface area (TPSA) is 90.0 Å². The summed E-state index contributed by atoms with van der Waals surface area (Å²) in [5.74, 6) is -0.669. The number of hydrogen-bond acceptors (Lipinski definition) is 4. The highest BCUT2D eigenvalue weighted by Gasteiger charge is 2.35. The first-order valence-electron chi connectivity index (χ1n) is 14.6. The van der Waals surface area contributed by atoms with Crippen LogP contribution in [0.1, 0.15) is 48.8 Å². The molecule has 0 heterocycles. The molecule has 0 bridgehead atoms. The molecule has 0 unspecified atom stereocenters. The lowest BCUT2D eigenvalue weighted by molar-refractivity contribution is -0.140. The van der Waals surface area contributed by atoms with E-state index in [1.165, 1.54) is 14.1 Å². The molecule has 0 aromatic heterocycles. The molecule has 4 rings (SSSR count). The Balaban J connectivity index is 1.73. The van der Waals surface area contributed by atoms with E-state index >= 15 is 0 Å². The zero-order chi connectivity index (χ0) is 30.1. The van der Waals surface area contributed by atoms with Crippen molar-refractivity contribution in [1.29, 1.82) is 0 Å². The third kappa shape index (κ3) is 8.20. The Kier molecular flexibility index (Phi) is 10.8. The molecule has 1 atom stereocenters. The summed E-state index contributed by atoms with van der Waals surface area (Å²) < 4.78 is 29.1. The van der Waals surface area contributed by atoms with Crippen molar-refractivity contribution in [3.05, 3.63) is 102 Å². The van der Waals surface area contributed by atoms with Crippen LogP contribution in [-0.2, 0) is 32.8 Å². The van der Waals surface area contributed by atoms with Crippen molar-refractivity contribution in [2.45, 2.75) is 64.1 Å². The molecule has 1 aliphatic carbocycles. The maximum atomic E-state index is 14.3. The average molecular weight is 591 g/mol. The minimum absolute atomic E-state index is 0.0655. The number of amides is 2. The van der Waals surface area contributed by atoms with Gasteiger partial charge in [0.2, 0.25) is 11.8 Å². The van der Waals surface area contributed by atoms with Gasteiger partial charge in [-0.25, -0.2) is 4.31 Å². The molecule has 1 fully saturated rings. The molecule has 8 nitrogen and oxygen atoms in total. The van der Waals surface area contributed by atoms with E-state index in [9.17, 15) is 18.0 Å². The molecule has 0 saturated heterocycles. The minimum Gasteiger partial charge on any atom is -0.352 e. The van der Waals surface area contributed by atoms with E-state index in [-0.39, 0.29) is 18.5 Å². The molecule has 224 valence electrons. The van der Waals surface area contributed by atoms with Crippen LogP contribution in [-0.4, -0.2) is 62.2 Å². The molecule has 0 aliphatic heterocycles. The quantitative estimate of drug-likeness (QED) is 0.331. The van der Waals surface area contributed by atoms with Gasteiger partial charge in [0.15, 0.2) is 0 Å². The van der Waals surface area contributed by atoms with Crippen LogP contribution >= 0.6 is 0 Å². The van der Waals surface area contributed by atoms with E-state index in [0.717, 1.165) is 57.4 Å². The van der Waals surface area contributed by atoms with Crippen LogP contribution in [0.5, 0.6) is 0 Å². The summed E-state index contributed by atoms with van der Waals surface area (Å²) in [4.78, 5) is 29.9. The molecular weight excluding hydrogens is 548 g/mol. The molecular formula is C33H42N4O4S. The Morgan fingerprint density at radius 1 is 0.833 bits per heavy atom. The zero-order valence-electron chi connectivity index (χ0n) is 24.8. The van der Waals surface area contributed by atoms with E-state index in [1.807, 2.05) is 61.5 Å². The van der Waals surface area contributed by atoms with Crippen molar-refractivity contribution in [3.63, 3.8) is 0 Å². The van der Waals surface area contributed by atoms with Crippen LogP contribution in [0.15, 0.2) is 84.9 Å². The third-order valence-electron chi connectivity index (χ3n) is 7.76. The monoisotopic (exact) mass is 590 g/mol. The summed E-state index contributed by atoms with van der Waals surface area (Å²) in [6.07, 6.45) is 5.43. The molecule has 1 saturated carbocycles. The number of anilines is 1. The lowest BCUT2D eigenvalue weighted by Gasteiger charge is -2.35. The van der Waals surface area contributed by atoms with Crippen molar-refractivity contribution in [2.24, 2.45) is 0 Å². The lowest BCUT2D eigenvalue weighted by atomic mass is 9.94. The van der Waals surface area contributed by atoms with Gasteiger partial charge in [-0.05, 0) is 43.0 Å². The first-order chi connectivity index (χ1) is 20.1. The predicted octanol–water partition coefficient (Wildman–Crippen LogP) is 4.70. The van der Waals surface area contributed by atoms with Crippen LogP contribution in [0.25, 0.3) is 0 Å². The first-order valence-corrected chi connectivity index (χ1v) is 16.0. The smallest absolute Gasteiger partial charge is 0.304 e. The second-order valence-electron chi connectivity index (χ2n) is 11.2. The van der Waals surface area contributed by atoms with Crippen molar-refractivity contribution in [2.75, 3.05) is 24.9 Å². The van der Waals surface area contributed by atoms with Crippen LogP contribution in [0, 0.1) is 6.92 Å². The molecule has 1 N–H and O–H groups in total. The van der Waals surface area contributed by atoms with Gasteiger partial charge in [-0.1, -0.05) is 97.6 Å². The molecule has 42 heavy (non-hydrogen) atoms. The van der Waals surface area contributed by atoms with E-state index in [0.29, 0.717) is 12.1 Å². The fourth-order valence-electron chi connectivity index (χ4n) is 5.30. The molecule has 0 radical (unpaired) electrons. The highest BCUT2D eigenvalue weighted by molar-refractivity contribution is 7.90. The van der Waals surface area contributed by atoms with Gasteiger partial charge in [-0.15, -0.1) is 0 Å². The lowest BCUT2D eigenvalue weighted by Crippen LogP contribution is -2.55. The summed E-state index contributed by atoms with van der Waals surface area (Å²) in [6.45, 7) is 1.71. The van der Waals surface area contributed by atoms with Gasteiger partial charge in [0.05, 0.1) is 5.69 Å². The number of nitrogens with zero attached hydrogens (tertiary/aromatic N) is 3. The Morgan fingerprint density at radius 2 is 1.43 bits per heavy atom. The number of para-hydroxylation sites is 1. The summed E-state index contributed by atoms with van der Waals surface area (Å²) in [6, 6.07) is 25.3. The Labute approximate surface area is 250 Å². The summed E-state index contributed by atoms with van der Waals surface area (Å²) in [5, 5.41) is 3.23. The van der Waals surface area contributed by atoms with Gasteiger partial charge < -0.3 is 10.2 Å². The van der Waals surface area contributed by atoms with Crippen LogP contribution in [0.4, 0.5) is 5.69 Å². The van der Waals surface area contributed by atoms with E-state index in [4.69, 9.17) is 0 Å². The summed E-state index contributed by atoms with van der Waals surface area (Å²) >= 11 is 0. The standard InChI is InChI=1S/C33H42N4O4S/c1-26-19-21-28(22-20-26)24-36(32(38)25-37(42(40,41)35(2)3)30-17-11-6-12-18-30)31(23-27-13-7-4-8-14-27)33(39)34-29-15-9-5-10-16-29/h4,6-8,11-14,17-22,29,31H,5,9-10,15-16,23-25H2,1-3H3,(H,34,39)/t31-/m1/s1. The molecule has 2 amide bonds. The zero-order valence-corrected chi connectivity index (χ0v) is 25.6. The summed E-state index contributed by atoms with van der Waals surface area (Å²) in [5.41, 5.74) is 3.24.